The number of morpholine rings is 1. The van der Waals surface area contributed by atoms with Crippen molar-refractivity contribution < 1.29 is 4.74 Å². The first-order valence-corrected chi connectivity index (χ1v) is 9.86. The van der Waals surface area contributed by atoms with E-state index in [1.54, 1.807) is 17.5 Å². The second kappa shape index (κ2) is 7.19. The van der Waals surface area contributed by atoms with Crippen LogP contribution in [0.3, 0.4) is 0 Å². The third-order valence-corrected chi connectivity index (χ3v) is 5.75. The van der Waals surface area contributed by atoms with Gasteiger partial charge in [-0.15, -0.1) is 16.4 Å². The van der Waals surface area contributed by atoms with Crippen LogP contribution in [0.25, 0.3) is 16.0 Å². The molecule has 0 bridgehead atoms. The highest BCUT2D eigenvalue weighted by molar-refractivity contribution is 7.13. The van der Waals surface area contributed by atoms with Gasteiger partial charge in [-0.3, -0.25) is 9.88 Å². The molecule has 136 valence electrons. The Morgan fingerprint density at radius 3 is 3.04 bits per heavy atom. The van der Waals surface area contributed by atoms with Crippen LogP contribution in [0.4, 0.5) is 0 Å². The topological polar surface area (TPSA) is 55.5 Å². The summed E-state index contributed by atoms with van der Waals surface area (Å²) in [6.45, 7) is 3.27. The molecule has 1 unspecified atom stereocenters. The molecule has 1 saturated heterocycles. The molecule has 0 aromatic carbocycles. The lowest BCUT2D eigenvalue weighted by Crippen LogP contribution is -2.38. The van der Waals surface area contributed by atoms with Gasteiger partial charge in [0.05, 0.1) is 12.1 Å². The molecular formula is C20H19N5OS. The Labute approximate surface area is 161 Å². The molecular weight excluding hydrogens is 358 g/mol. The van der Waals surface area contributed by atoms with E-state index in [1.807, 2.05) is 23.0 Å². The van der Waals surface area contributed by atoms with E-state index < -0.39 is 0 Å². The fourth-order valence-corrected chi connectivity index (χ4v) is 4.21. The van der Waals surface area contributed by atoms with Gasteiger partial charge in [-0.2, -0.15) is 0 Å². The van der Waals surface area contributed by atoms with Gasteiger partial charge in [0.25, 0.3) is 0 Å². The Balaban J connectivity index is 1.38. The van der Waals surface area contributed by atoms with E-state index >= 15 is 0 Å². The average Bonchev–Trinajstić information content (AvgIpc) is 3.38. The summed E-state index contributed by atoms with van der Waals surface area (Å²) < 4.78 is 7.88. The molecule has 0 spiro atoms. The van der Waals surface area contributed by atoms with Crippen LogP contribution in [-0.2, 0) is 11.3 Å². The molecule has 5 rings (SSSR count). The van der Waals surface area contributed by atoms with Gasteiger partial charge in [0.2, 0.25) is 0 Å². The van der Waals surface area contributed by atoms with Crippen LogP contribution < -0.4 is 0 Å². The van der Waals surface area contributed by atoms with Gasteiger partial charge in [0.15, 0.2) is 0 Å². The molecule has 1 fully saturated rings. The number of fused-ring (bicyclic) bond motifs is 1. The van der Waals surface area contributed by atoms with E-state index in [2.05, 4.69) is 55.9 Å². The normalized spacial score (nSPS) is 18.1. The zero-order valence-corrected chi connectivity index (χ0v) is 15.5. The van der Waals surface area contributed by atoms with E-state index in [0.29, 0.717) is 6.61 Å². The Kier molecular flexibility index (Phi) is 4.41. The molecule has 7 heteroatoms. The molecule has 1 aliphatic rings. The Morgan fingerprint density at radius 2 is 2.19 bits per heavy atom. The van der Waals surface area contributed by atoms with E-state index in [9.17, 15) is 0 Å². The van der Waals surface area contributed by atoms with Crippen LogP contribution in [0.1, 0.15) is 17.4 Å². The summed E-state index contributed by atoms with van der Waals surface area (Å²) in [5.74, 6) is 0. The highest BCUT2D eigenvalue weighted by Gasteiger charge is 2.26. The number of pyridine rings is 2. The van der Waals surface area contributed by atoms with Crippen molar-refractivity contribution in [1.29, 1.82) is 0 Å². The predicted molar refractivity (Wildman–Crippen MR) is 105 cm³/mol. The molecule has 1 atom stereocenters. The summed E-state index contributed by atoms with van der Waals surface area (Å²) in [5, 5.41) is 10.9. The molecule has 0 radical (unpaired) electrons. The molecule has 4 aromatic rings. The lowest BCUT2D eigenvalue weighted by Gasteiger charge is -2.32. The van der Waals surface area contributed by atoms with Crippen LogP contribution in [0.2, 0.25) is 0 Å². The number of thiophene rings is 1. The molecule has 1 aliphatic heterocycles. The van der Waals surface area contributed by atoms with Crippen molar-refractivity contribution in [1.82, 2.24) is 24.7 Å². The molecule has 0 amide bonds. The summed E-state index contributed by atoms with van der Waals surface area (Å²) in [5.41, 5.74) is 4.27. The van der Waals surface area contributed by atoms with Gasteiger partial charge < -0.3 is 4.74 Å². The quantitative estimate of drug-likeness (QED) is 0.545. The fraction of sp³-hybridized carbons (Fsp3) is 0.250. The van der Waals surface area contributed by atoms with Crippen molar-refractivity contribution in [3.05, 3.63) is 71.6 Å². The lowest BCUT2D eigenvalue weighted by atomic mass is 10.1. The number of hydrogen-bond donors (Lipinski definition) is 0. The smallest absolute Gasteiger partial charge is 0.121 e. The van der Waals surface area contributed by atoms with Crippen molar-refractivity contribution in [2.45, 2.75) is 12.6 Å². The molecule has 0 aliphatic carbocycles. The van der Waals surface area contributed by atoms with Crippen LogP contribution in [0, 0.1) is 0 Å². The number of ether oxygens (including phenoxy) is 1. The molecule has 0 N–H and O–H groups in total. The molecule has 4 aromatic heterocycles. The number of rotatable bonds is 4. The predicted octanol–water partition coefficient (Wildman–Crippen LogP) is 3.43. The third-order valence-electron chi connectivity index (χ3n) is 4.83. The standard InChI is InChI=1S/C20H19N5OS/c1-3-15(11-21-7-1)12-24-8-9-26-18(14-24)20-17-6-5-16(13-25(17)23-22-20)19-4-2-10-27-19/h1-7,10-11,13,18H,8-9,12,14H2. The van der Waals surface area contributed by atoms with Gasteiger partial charge in [-0.1, -0.05) is 17.3 Å². The van der Waals surface area contributed by atoms with Crippen molar-refractivity contribution in [3.8, 4) is 10.4 Å². The number of aromatic nitrogens is 4. The van der Waals surface area contributed by atoms with E-state index in [1.165, 1.54) is 10.4 Å². The highest BCUT2D eigenvalue weighted by Crippen LogP contribution is 2.28. The summed E-state index contributed by atoms with van der Waals surface area (Å²) >= 11 is 1.72. The van der Waals surface area contributed by atoms with E-state index in [4.69, 9.17) is 4.74 Å². The minimum atomic E-state index is -0.0690. The fourth-order valence-electron chi connectivity index (χ4n) is 3.49. The average molecular weight is 377 g/mol. The first kappa shape index (κ1) is 16.6. The van der Waals surface area contributed by atoms with Crippen LogP contribution in [-0.4, -0.2) is 44.4 Å². The van der Waals surface area contributed by atoms with Crippen LogP contribution in [0.15, 0.2) is 60.4 Å². The first-order chi connectivity index (χ1) is 13.4. The Bertz CT molecular complexity index is 1030. The van der Waals surface area contributed by atoms with Crippen LogP contribution in [0.5, 0.6) is 0 Å². The maximum absolute atomic E-state index is 6.03. The minimum absolute atomic E-state index is 0.0690. The summed E-state index contributed by atoms with van der Waals surface area (Å²) in [6.07, 6.45) is 5.69. The third kappa shape index (κ3) is 3.37. The maximum atomic E-state index is 6.03. The molecule has 6 nitrogen and oxygen atoms in total. The van der Waals surface area contributed by atoms with E-state index in [-0.39, 0.29) is 6.10 Å². The zero-order chi connectivity index (χ0) is 18.1. The first-order valence-electron chi connectivity index (χ1n) is 8.98. The number of hydrogen-bond acceptors (Lipinski definition) is 6. The van der Waals surface area contributed by atoms with Crippen molar-refractivity contribution >= 4 is 16.9 Å². The van der Waals surface area contributed by atoms with Crippen LogP contribution >= 0.6 is 11.3 Å². The Hall–Kier alpha value is -2.61. The van der Waals surface area contributed by atoms with Crippen molar-refractivity contribution in [2.75, 3.05) is 19.7 Å². The molecule has 5 heterocycles. The highest BCUT2D eigenvalue weighted by atomic mass is 32.1. The summed E-state index contributed by atoms with van der Waals surface area (Å²) in [7, 11) is 0. The summed E-state index contributed by atoms with van der Waals surface area (Å²) in [4.78, 5) is 7.82. The summed E-state index contributed by atoms with van der Waals surface area (Å²) in [6, 6.07) is 12.5. The van der Waals surface area contributed by atoms with Gasteiger partial charge in [-0.05, 0) is 35.2 Å². The van der Waals surface area contributed by atoms with Gasteiger partial charge in [0.1, 0.15) is 11.8 Å². The SMILES string of the molecule is c1cncc(CN2CCOC(c3nnn4cc(-c5cccs5)ccc34)C2)c1. The van der Waals surface area contributed by atoms with Gasteiger partial charge in [0, 0.05) is 48.7 Å². The second-order valence-electron chi connectivity index (χ2n) is 6.66. The monoisotopic (exact) mass is 377 g/mol. The zero-order valence-electron chi connectivity index (χ0n) is 14.7. The van der Waals surface area contributed by atoms with Gasteiger partial charge in [-0.25, -0.2) is 4.52 Å². The lowest BCUT2D eigenvalue weighted by molar-refractivity contribution is -0.0343. The molecule has 0 saturated carbocycles. The van der Waals surface area contributed by atoms with Gasteiger partial charge >= 0.3 is 0 Å². The minimum Gasteiger partial charge on any atom is -0.369 e. The van der Waals surface area contributed by atoms with Crippen molar-refractivity contribution in [2.24, 2.45) is 0 Å². The molecule has 27 heavy (non-hydrogen) atoms. The second-order valence-corrected chi connectivity index (χ2v) is 7.60. The maximum Gasteiger partial charge on any atom is 0.121 e. The number of nitrogens with zero attached hydrogens (tertiary/aromatic N) is 5. The largest absolute Gasteiger partial charge is 0.369 e. The Morgan fingerprint density at radius 1 is 1.19 bits per heavy atom. The van der Waals surface area contributed by atoms with Crippen molar-refractivity contribution in [3.63, 3.8) is 0 Å². The van der Waals surface area contributed by atoms with E-state index in [0.717, 1.165) is 36.4 Å².